The number of nitriles is 1. The molecule has 0 heterocycles. The molecule has 2 atom stereocenters. The van der Waals surface area contributed by atoms with E-state index >= 15 is 0 Å². The van der Waals surface area contributed by atoms with Crippen molar-refractivity contribution in [2.45, 2.75) is 49.9 Å². The van der Waals surface area contributed by atoms with Gasteiger partial charge in [-0.25, -0.2) is 0 Å². The fraction of sp³-hybridized carbons (Fsp3) is 0.536. The van der Waals surface area contributed by atoms with Gasteiger partial charge in [-0.2, -0.15) is 5.26 Å². The summed E-state index contributed by atoms with van der Waals surface area (Å²) in [6, 6.07) is 10.9. The van der Waals surface area contributed by atoms with Crippen molar-refractivity contribution in [3.63, 3.8) is 0 Å². The zero-order valence-electron chi connectivity index (χ0n) is 21.1. The maximum Gasteiger partial charge on any atom is 0.164 e. The summed E-state index contributed by atoms with van der Waals surface area (Å²) in [7, 11) is 8.92. The van der Waals surface area contributed by atoms with Gasteiger partial charge in [-0.1, -0.05) is 12.1 Å². The number of fused-ring (bicyclic) bond motifs is 2. The van der Waals surface area contributed by atoms with Crippen molar-refractivity contribution < 1.29 is 18.9 Å². The van der Waals surface area contributed by atoms with Crippen LogP contribution in [0.2, 0.25) is 0 Å². The molecule has 6 heteroatoms. The highest BCUT2D eigenvalue weighted by Crippen LogP contribution is 2.48. The molecule has 0 bridgehead atoms. The van der Waals surface area contributed by atoms with Crippen molar-refractivity contribution in [1.82, 2.24) is 4.90 Å². The average Bonchev–Trinajstić information content (AvgIpc) is 3.44. The number of nitrogens with zero attached hydrogens (tertiary/aromatic N) is 2. The molecule has 182 valence electrons. The summed E-state index contributed by atoms with van der Waals surface area (Å²) in [6.45, 7) is 1.97. The van der Waals surface area contributed by atoms with E-state index in [1.165, 1.54) is 11.1 Å². The molecule has 4 rings (SSSR count). The van der Waals surface area contributed by atoms with Gasteiger partial charge < -0.3 is 23.8 Å². The van der Waals surface area contributed by atoms with Gasteiger partial charge in [0.25, 0.3) is 0 Å². The Hall–Kier alpha value is -2.91. The van der Waals surface area contributed by atoms with E-state index in [2.05, 4.69) is 30.1 Å². The summed E-state index contributed by atoms with van der Waals surface area (Å²) in [5, 5.41) is 10.2. The second-order valence-corrected chi connectivity index (χ2v) is 9.49. The second kappa shape index (κ2) is 10.1. The van der Waals surface area contributed by atoms with Crippen LogP contribution in [0.3, 0.4) is 0 Å². The lowest BCUT2D eigenvalue weighted by Crippen LogP contribution is -2.27. The van der Waals surface area contributed by atoms with Crippen molar-refractivity contribution in [2.24, 2.45) is 0 Å². The summed E-state index contributed by atoms with van der Waals surface area (Å²) in [5.74, 6) is 3.70. The van der Waals surface area contributed by atoms with Gasteiger partial charge in [0.15, 0.2) is 23.0 Å². The largest absolute Gasteiger partial charge is 0.493 e. The number of ether oxygens (including phenoxy) is 4. The van der Waals surface area contributed by atoms with Crippen LogP contribution in [0.5, 0.6) is 23.0 Å². The minimum absolute atomic E-state index is 0.445. The van der Waals surface area contributed by atoms with Gasteiger partial charge in [-0.15, -0.1) is 0 Å². The predicted molar refractivity (Wildman–Crippen MR) is 132 cm³/mol. The van der Waals surface area contributed by atoms with Crippen molar-refractivity contribution in [2.75, 3.05) is 48.6 Å². The first-order valence-electron chi connectivity index (χ1n) is 12.1. The van der Waals surface area contributed by atoms with Gasteiger partial charge in [-0.05, 0) is 81.3 Å². The fourth-order valence-corrected chi connectivity index (χ4v) is 6.02. The highest BCUT2D eigenvalue weighted by molar-refractivity contribution is 5.57. The van der Waals surface area contributed by atoms with Crippen LogP contribution >= 0.6 is 0 Å². The van der Waals surface area contributed by atoms with Crippen LogP contribution in [0.15, 0.2) is 24.3 Å². The van der Waals surface area contributed by atoms with Crippen LogP contribution in [0.25, 0.3) is 0 Å². The molecule has 2 aliphatic carbocycles. The lowest BCUT2D eigenvalue weighted by atomic mass is 9.79. The molecule has 0 aromatic heterocycles. The Kier molecular flexibility index (Phi) is 7.23. The third-order valence-corrected chi connectivity index (χ3v) is 7.72. The Morgan fingerprint density at radius 3 is 2.26 bits per heavy atom. The predicted octanol–water partition coefficient (Wildman–Crippen LogP) is 4.87. The molecule has 0 amide bonds. The molecule has 0 spiro atoms. The van der Waals surface area contributed by atoms with Crippen LogP contribution < -0.4 is 18.9 Å². The Morgan fingerprint density at radius 1 is 0.941 bits per heavy atom. The number of benzene rings is 2. The van der Waals surface area contributed by atoms with Gasteiger partial charge in [0, 0.05) is 17.7 Å². The smallest absolute Gasteiger partial charge is 0.164 e. The number of hydrogen-bond donors (Lipinski definition) is 0. The van der Waals surface area contributed by atoms with Gasteiger partial charge in [-0.3, -0.25) is 0 Å². The van der Waals surface area contributed by atoms with Gasteiger partial charge in [0.1, 0.15) is 0 Å². The van der Waals surface area contributed by atoms with Crippen LogP contribution in [-0.2, 0) is 18.3 Å². The van der Waals surface area contributed by atoms with E-state index in [1.54, 1.807) is 28.4 Å². The van der Waals surface area contributed by atoms with E-state index in [1.807, 2.05) is 12.1 Å². The third kappa shape index (κ3) is 4.18. The summed E-state index contributed by atoms with van der Waals surface area (Å²) < 4.78 is 22.2. The third-order valence-electron chi connectivity index (χ3n) is 7.72. The maximum atomic E-state index is 10.2. The number of rotatable bonds is 10. The molecule has 2 aromatic carbocycles. The number of methoxy groups -OCH3 is 4. The minimum Gasteiger partial charge on any atom is -0.493 e. The summed E-state index contributed by atoms with van der Waals surface area (Å²) >= 11 is 0. The van der Waals surface area contributed by atoms with E-state index in [0.717, 1.165) is 85.7 Å². The average molecular weight is 465 g/mol. The normalized spacial score (nSPS) is 20.6. The lowest BCUT2D eigenvalue weighted by molar-refractivity contribution is 0.292. The zero-order chi connectivity index (χ0) is 24.3. The van der Waals surface area contributed by atoms with Crippen molar-refractivity contribution >= 4 is 0 Å². The molecule has 34 heavy (non-hydrogen) atoms. The number of hydrogen-bond acceptors (Lipinski definition) is 6. The standard InChI is InChI=1S/C28H36N2O4/c1-30(17-19-7-8-21-20(19)9-11-24(31-2)26(21)33-4)16-6-14-28(18-29)15-13-22-23(28)10-12-25(32-3)27(22)34-5/h9-12,19H,6-8,13-17H2,1-5H3. The topological polar surface area (TPSA) is 64.0 Å². The fourth-order valence-electron chi connectivity index (χ4n) is 6.02. The molecule has 0 aliphatic heterocycles. The summed E-state index contributed by atoms with van der Waals surface area (Å²) in [6.07, 6.45) is 5.66. The van der Waals surface area contributed by atoms with Crippen LogP contribution in [-0.4, -0.2) is 53.5 Å². The van der Waals surface area contributed by atoms with Gasteiger partial charge in [0.2, 0.25) is 0 Å². The van der Waals surface area contributed by atoms with E-state index in [-0.39, 0.29) is 0 Å². The van der Waals surface area contributed by atoms with Gasteiger partial charge in [0.05, 0.1) is 39.9 Å². The molecular formula is C28H36N2O4. The maximum absolute atomic E-state index is 10.2. The van der Waals surface area contributed by atoms with E-state index in [0.29, 0.717) is 5.92 Å². The molecule has 6 nitrogen and oxygen atoms in total. The Labute approximate surface area is 203 Å². The van der Waals surface area contributed by atoms with E-state index < -0.39 is 5.41 Å². The van der Waals surface area contributed by atoms with Gasteiger partial charge >= 0.3 is 0 Å². The molecule has 2 unspecified atom stereocenters. The van der Waals surface area contributed by atoms with E-state index in [9.17, 15) is 5.26 Å². The summed E-state index contributed by atoms with van der Waals surface area (Å²) in [4.78, 5) is 2.41. The molecule has 2 aromatic rings. The highest BCUT2D eigenvalue weighted by Gasteiger charge is 2.41. The zero-order valence-corrected chi connectivity index (χ0v) is 21.1. The van der Waals surface area contributed by atoms with Crippen LogP contribution in [0.4, 0.5) is 0 Å². The Bertz CT molecular complexity index is 1080. The molecule has 0 fully saturated rings. The minimum atomic E-state index is -0.445. The number of likely N-dealkylation sites (N-methyl/N-ethyl adjacent to an activating group) is 1. The SMILES string of the molecule is COc1ccc2c(c1OC)CCC2CN(C)CCCC1(C#N)CCc2c1ccc(OC)c2OC. The first-order chi connectivity index (χ1) is 16.5. The van der Waals surface area contributed by atoms with Crippen molar-refractivity contribution in [1.29, 1.82) is 5.26 Å². The van der Waals surface area contributed by atoms with E-state index in [4.69, 9.17) is 18.9 Å². The first-order valence-corrected chi connectivity index (χ1v) is 12.1. The summed E-state index contributed by atoms with van der Waals surface area (Å²) in [5.41, 5.74) is 4.46. The molecule has 0 radical (unpaired) electrons. The van der Waals surface area contributed by atoms with Crippen LogP contribution in [0, 0.1) is 11.3 Å². The highest BCUT2D eigenvalue weighted by atomic mass is 16.5. The molecular weight excluding hydrogens is 428 g/mol. The molecule has 0 saturated heterocycles. The molecule has 0 N–H and O–H groups in total. The molecule has 2 aliphatic rings. The molecule has 0 saturated carbocycles. The quantitative estimate of drug-likeness (QED) is 0.500. The van der Waals surface area contributed by atoms with Crippen molar-refractivity contribution in [3.05, 3.63) is 46.5 Å². The van der Waals surface area contributed by atoms with Crippen molar-refractivity contribution in [3.8, 4) is 29.1 Å². The Balaban J connectivity index is 1.40. The van der Waals surface area contributed by atoms with Crippen LogP contribution in [0.1, 0.15) is 53.9 Å². The second-order valence-electron chi connectivity index (χ2n) is 9.49. The monoisotopic (exact) mass is 464 g/mol. The Morgan fingerprint density at radius 2 is 1.62 bits per heavy atom. The lowest BCUT2D eigenvalue weighted by Gasteiger charge is -2.26. The first kappa shape index (κ1) is 24.2.